The molecular formula is C7H15N3O2. The largest absolute Gasteiger partial charge is 0.396 e. The van der Waals surface area contributed by atoms with Crippen LogP contribution in [0.2, 0.25) is 0 Å². The minimum absolute atomic E-state index is 0.163. The molecule has 5 nitrogen and oxygen atoms in total. The molecule has 0 heterocycles. The SMILES string of the molecule is CC=NNC(=O)NCCCCO. The third kappa shape index (κ3) is 7.01. The number of rotatable bonds is 5. The summed E-state index contributed by atoms with van der Waals surface area (Å²) >= 11 is 0. The molecule has 0 fully saturated rings. The van der Waals surface area contributed by atoms with E-state index in [4.69, 9.17) is 5.11 Å². The van der Waals surface area contributed by atoms with Gasteiger partial charge >= 0.3 is 6.03 Å². The first-order valence-electron chi connectivity index (χ1n) is 3.93. The van der Waals surface area contributed by atoms with E-state index in [2.05, 4.69) is 15.8 Å². The van der Waals surface area contributed by atoms with E-state index in [1.54, 1.807) is 6.92 Å². The summed E-state index contributed by atoms with van der Waals surface area (Å²) in [6.45, 7) is 2.44. The fourth-order valence-electron chi connectivity index (χ4n) is 0.601. The van der Waals surface area contributed by atoms with Crippen LogP contribution in [0.4, 0.5) is 4.79 Å². The molecule has 0 aliphatic rings. The van der Waals surface area contributed by atoms with E-state index in [9.17, 15) is 4.79 Å². The standard InChI is InChI=1S/C7H15N3O2/c1-2-9-10-7(12)8-5-3-4-6-11/h2,11H,3-6H2,1H3,(H2,8,10,12). The number of unbranched alkanes of at least 4 members (excludes halogenated alkanes) is 1. The van der Waals surface area contributed by atoms with Gasteiger partial charge in [0.25, 0.3) is 0 Å². The number of carbonyl (C=O) groups is 1. The first-order valence-corrected chi connectivity index (χ1v) is 3.93. The summed E-state index contributed by atoms with van der Waals surface area (Å²) in [5, 5.41) is 14.5. The molecule has 0 aromatic rings. The topological polar surface area (TPSA) is 73.7 Å². The molecule has 0 bridgehead atoms. The third-order valence-corrected chi connectivity index (χ3v) is 1.17. The second kappa shape index (κ2) is 8.00. The maximum absolute atomic E-state index is 10.8. The van der Waals surface area contributed by atoms with Gasteiger partial charge in [0.05, 0.1) is 0 Å². The van der Waals surface area contributed by atoms with Crippen molar-refractivity contribution >= 4 is 12.2 Å². The molecule has 5 heteroatoms. The molecule has 3 N–H and O–H groups in total. The first kappa shape index (κ1) is 10.9. The normalized spacial score (nSPS) is 10.2. The van der Waals surface area contributed by atoms with Crippen molar-refractivity contribution in [2.45, 2.75) is 19.8 Å². The number of hydrogen-bond acceptors (Lipinski definition) is 3. The Morgan fingerprint density at radius 1 is 1.58 bits per heavy atom. The minimum atomic E-state index is -0.314. The second-order valence-electron chi connectivity index (χ2n) is 2.19. The monoisotopic (exact) mass is 173 g/mol. The van der Waals surface area contributed by atoms with Crippen molar-refractivity contribution in [1.29, 1.82) is 0 Å². The molecular weight excluding hydrogens is 158 g/mol. The zero-order chi connectivity index (χ0) is 9.23. The molecule has 0 aromatic carbocycles. The van der Waals surface area contributed by atoms with Crippen molar-refractivity contribution in [2.75, 3.05) is 13.2 Å². The van der Waals surface area contributed by atoms with Crippen LogP contribution in [0.5, 0.6) is 0 Å². The van der Waals surface area contributed by atoms with Gasteiger partial charge in [-0.1, -0.05) is 0 Å². The second-order valence-corrected chi connectivity index (χ2v) is 2.19. The van der Waals surface area contributed by atoms with Crippen LogP contribution in [0.25, 0.3) is 0 Å². The molecule has 2 amide bonds. The van der Waals surface area contributed by atoms with E-state index in [0.717, 1.165) is 6.42 Å². The summed E-state index contributed by atoms with van der Waals surface area (Å²) in [6.07, 6.45) is 2.98. The summed E-state index contributed by atoms with van der Waals surface area (Å²) in [7, 11) is 0. The fraction of sp³-hybridized carbons (Fsp3) is 0.714. The Kier molecular flexibility index (Phi) is 7.27. The predicted octanol–water partition coefficient (Wildman–Crippen LogP) is 0.0638. The lowest BCUT2D eigenvalue weighted by atomic mass is 10.3. The molecule has 0 spiro atoms. The number of amides is 2. The molecule has 70 valence electrons. The van der Waals surface area contributed by atoms with Crippen LogP contribution in [0.1, 0.15) is 19.8 Å². The Morgan fingerprint density at radius 2 is 2.33 bits per heavy atom. The average molecular weight is 173 g/mol. The van der Waals surface area contributed by atoms with Crippen LogP contribution >= 0.6 is 0 Å². The first-order chi connectivity index (χ1) is 5.81. The van der Waals surface area contributed by atoms with Crippen molar-refractivity contribution in [3.8, 4) is 0 Å². The van der Waals surface area contributed by atoms with Crippen LogP contribution in [-0.4, -0.2) is 30.5 Å². The maximum Gasteiger partial charge on any atom is 0.335 e. The summed E-state index contributed by atoms with van der Waals surface area (Å²) in [5.41, 5.74) is 2.27. The number of hydrogen-bond donors (Lipinski definition) is 3. The van der Waals surface area contributed by atoms with Gasteiger partial charge in [-0.3, -0.25) is 0 Å². The maximum atomic E-state index is 10.8. The van der Waals surface area contributed by atoms with Crippen molar-refractivity contribution in [1.82, 2.24) is 10.7 Å². The smallest absolute Gasteiger partial charge is 0.335 e. The molecule has 0 radical (unpaired) electrons. The summed E-state index contributed by atoms with van der Waals surface area (Å²) < 4.78 is 0. The highest BCUT2D eigenvalue weighted by Gasteiger charge is 1.94. The zero-order valence-corrected chi connectivity index (χ0v) is 7.21. The van der Waals surface area contributed by atoms with E-state index in [1.807, 2.05) is 0 Å². The van der Waals surface area contributed by atoms with Gasteiger partial charge in [-0.25, -0.2) is 10.2 Å². The van der Waals surface area contributed by atoms with Crippen LogP contribution in [-0.2, 0) is 0 Å². The number of nitrogens with zero attached hydrogens (tertiary/aromatic N) is 1. The van der Waals surface area contributed by atoms with Gasteiger partial charge in [0.1, 0.15) is 0 Å². The highest BCUT2D eigenvalue weighted by Crippen LogP contribution is 1.82. The Hall–Kier alpha value is -1.10. The van der Waals surface area contributed by atoms with Gasteiger partial charge in [0, 0.05) is 19.4 Å². The molecule has 0 saturated heterocycles. The molecule has 0 unspecified atom stereocenters. The van der Waals surface area contributed by atoms with E-state index < -0.39 is 0 Å². The van der Waals surface area contributed by atoms with Gasteiger partial charge in [0.15, 0.2) is 0 Å². The molecule has 12 heavy (non-hydrogen) atoms. The minimum Gasteiger partial charge on any atom is -0.396 e. The zero-order valence-electron chi connectivity index (χ0n) is 7.21. The Labute approximate surface area is 71.8 Å². The van der Waals surface area contributed by atoms with Gasteiger partial charge in [-0.2, -0.15) is 5.10 Å². The lowest BCUT2D eigenvalue weighted by Crippen LogP contribution is -2.32. The fourth-order valence-corrected chi connectivity index (χ4v) is 0.601. The van der Waals surface area contributed by atoms with Crippen LogP contribution in [0.3, 0.4) is 0 Å². The summed E-state index contributed by atoms with van der Waals surface area (Å²) in [5.74, 6) is 0. The van der Waals surface area contributed by atoms with E-state index in [0.29, 0.717) is 13.0 Å². The van der Waals surface area contributed by atoms with Gasteiger partial charge in [0.2, 0.25) is 0 Å². The quantitative estimate of drug-likeness (QED) is 0.312. The predicted molar refractivity (Wildman–Crippen MR) is 47.0 cm³/mol. The molecule has 0 rings (SSSR count). The van der Waals surface area contributed by atoms with Crippen molar-refractivity contribution < 1.29 is 9.90 Å². The number of nitrogens with one attached hydrogen (secondary N) is 2. The molecule has 0 atom stereocenters. The Balaban J connectivity index is 3.20. The van der Waals surface area contributed by atoms with E-state index in [1.165, 1.54) is 6.21 Å². The molecule has 0 saturated carbocycles. The number of aliphatic hydroxyl groups excluding tert-OH is 1. The van der Waals surface area contributed by atoms with Crippen molar-refractivity contribution in [2.24, 2.45) is 5.10 Å². The molecule has 0 aliphatic heterocycles. The molecule has 0 aromatic heterocycles. The van der Waals surface area contributed by atoms with Gasteiger partial charge in [-0.15, -0.1) is 0 Å². The van der Waals surface area contributed by atoms with Crippen LogP contribution in [0.15, 0.2) is 5.10 Å². The average Bonchev–Trinajstić information content (AvgIpc) is 2.09. The highest BCUT2D eigenvalue weighted by atomic mass is 16.3. The highest BCUT2D eigenvalue weighted by molar-refractivity contribution is 5.74. The van der Waals surface area contributed by atoms with Crippen molar-refractivity contribution in [3.05, 3.63) is 0 Å². The number of urea groups is 1. The summed E-state index contributed by atoms with van der Waals surface area (Å²) in [4.78, 5) is 10.8. The van der Waals surface area contributed by atoms with Crippen LogP contribution < -0.4 is 10.7 Å². The Bertz CT molecular complexity index is 148. The lowest BCUT2D eigenvalue weighted by molar-refractivity contribution is 0.240. The Morgan fingerprint density at radius 3 is 2.92 bits per heavy atom. The van der Waals surface area contributed by atoms with Gasteiger partial charge in [-0.05, 0) is 19.8 Å². The molecule has 0 aliphatic carbocycles. The van der Waals surface area contributed by atoms with E-state index >= 15 is 0 Å². The van der Waals surface area contributed by atoms with Crippen LogP contribution in [0, 0.1) is 0 Å². The number of aliphatic hydroxyl groups is 1. The van der Waals surface area contributed by atoms with Crippen molar-refractivity contribution in [3.63, 3.8) is 0 Å². The lowest BCUT2D eigenvalue weighted by Gasteiger charge is -2.01. The number of hydrazone groups is 1. The van der Waals surface area contributed by atoms with E-state index in [-0.39, 0.29) is 12.6 Å². The third-order valence-electron chi connectivity index (χ3n) is 1.17. The summed E-state index contributed by atoms with van der Waals surface area (Å²) in [6, 6.07) is -0.314. The number of carbonyl (C=O) groups excluding carboxylic acids is 1. The van der Waals surface area contributed by atoms with Gasteiger partial charge < -0.3 is 10.4 Å².